The van der Waals surface area contributed by atoms with Crippen LogP contribution in [0.25, 0.3) is 0 Å². The van der Waals surface area contributed by atoms with Crippen molar-refractivity contribution in [2.75, 3.05) is 11.5 Å². The number of nitrogens with zero attached hydrogens (tertiary/aromatic N) is 2. The molecular formula is C41H44F5N3O7S. The number of Topliss-reactive ketones (excluding diaryl/α,β-unsaturated/α-hetero) is 1. The highest BCUT2D eigenvalue weighted by Gasteiger charge is 2.76. The number of halogens is 5. The van der Waals surface area contributed by atoms with Gasteiger partial charge >= 0.3 is 13.2 Å². The third-order valence-corrected chi connectivity index (χ3v) is 13.5. The molecule has 0 amide bonds. The average Bonchev–Trinajstić information content (AvgIpc) is 3.42. The van der Waals surface area contributed by atoms with Gasteiger partial charge in [0.1, 0.15) is 5.82 Å². The zero-order valence-corrected chi connectivity index (χ0v) is 32.4. The molecule has 0 radical (unpaired) electrons. The predicted octanol–water partition coefficient (Wildman–Crippen LogP) is 8.33. The second-order valence-corrected chi connectivity index (χ2v) is 17.3. The van der Waals surface area contributed by atoms with E-state index in [1.54, 1.807) is 53.7 Å². The topological polar surface area (TPSA) is 116 Å². The van der Waals surface area contributed by atoms with E-state index in [9.17, 15) is 30.4 Å². The van der Waals surface area contributed by atoms with E-state index in [0.717, 1.165) is 18.2 Å². The zero-order chi connectivity index (χ0) is 40.8. The van der Waals surface area contributed by atoms with Crippen LogP contribution >= 0.6 is 0 Å². The maximum absolute atomic E-state index is 15.2. The molecule has 4 aliphatic rings. The highest BCUT2D eigenvalue weighted by atomic mass is 32.2. The molecule has 3 aliphatic carbocycles. The number of ketones is 1. The molecule has 1 aromatic heterocycles. The first-order valence-corrected chi connectivity index (χ1v) is 20.2. The molecule has 57 heavy (non-hydrogen) atoms. The second kappa shape index (κ2) is 15.9. The minimum Gasteiger partial charge on any atom is -0.433 e. The summed E-state index contributed by atoms with van der Waals surface area (Å²) in [5.74, 6) is -4.40. The molecule has 7 rings (SSSR count). The summed E-state index contributed by atoms with van der Waals surface area (Å²) in [4.78, 5) is 21.1. The van der Waals surface area contributed by atoms with Gasteiger partial charge in [0, 0.05) is 54.7 Å². The van der Waals surface area contributed by atoms with Crippen molar-refractivity contribution >= 4 is 21.5 Å². The van der Waals surface area contributed by atoms with Crippen LogP contribution in [-0.4, -0.2) is 57.1 Å². The molecule has 16 heteroatoms. The summed E-state index contributed by atoms with van der Waals surface area (Å²) in [6.07, 6.45) is 5.78. The third kappa shape index (κ3) is 7.98. The summed E-state index contributed by atoms with van der Waals surface area (Å²) in [7, 11) is -3.99. The number of carbonyl (C=O) groups excluding carboxylic acids is 1. The third-order valence-electron chi connectivity index (χ3n) is 12.0. The molecule has 2 heterocycles. The van der Waals surface area contributed by atoms with Crippen LogP contribution in [0.15, 0.2) is 102 Å². The van der Waals surface area contributed by atoms with Gasteiger partial charge in [-0.15, -0.1) is 0 Å². The van der Waals surface area contributed by atoms with Crippen LogP contribution in [0.2, 0.25) is 0 Å². The fourth-order valence-corrected chi connectivity index (χ4v) is 10.4. The summed E-state index contributed by atoms with van der Waals surface area (Å²) < 4.78 is 120. The fourth-order valence-electron chi connectivity index (χ4n) is 9.07. The molecule has 10 nitrogen and oxygen atoms in total. The summed E-state index contributed by atoms with van der Waals surface area (Å²) in [5.41, 5.74) is 0.287. The van der Waals surface area contributed by atoms with Crippen molar-refractivity contribution in [3.8, 4) is 0 Å². The number of benzene rings is 2. The van der Waals surface area contributed by atoms with Crippen LogP contribution in [0.4, 0.5) is 27.6 Å². The number of carbonyl (C=O) groups is 1. The number of nitrogens with one attached hydrogen (secondary N) is 1. The number of para-hydroxylation sites is 1. The minimum absolute atomic E-state index is 0.0643. The van der Waals surface area contributed by atoms with Gasteiger partial charge < -0.3 is 19.1 Å². The Balaban J connectivity index is 1.25. The first-order valence-electron chi connectivity index (χ1n) is 18.8. The Morgan fingerprint density at radius 2 is 1.79 bits per heavy atom. The van der Waals surface area contributed by atoms with Crippen LogP contribution in [0.5, 0.6) is 0 Å². The lowest BCUT2D eigenvalue weighted by molar-refractivity contribution is -0.350. The number of pyridine rings is 1. The summed E-state index contributed by atoms with van der Waals surface area (Å²) in [6, 6.07) is 14.5. The van der Waals surface area contributed by atoms with E-state index < -0.39 is 70.2 Å². The van der Waals surface area contributed by atoms with E-state index in [4.69, 9.17) is 18.9 Å². The van der Waals surface area contributed by atoms with Gasteiger partial charge in [-0.1, -0.05) is 39.0 Å². The van der Waals surface area contributed by atoms with E-state index in [0.29, 0.717) is 42.5 Å². The molecule has 1 saturated heterocycles. The standard InChI is InChI=1S/C41H44F5N3O7S/c1-25-21-40(33(39(40,2)3)20-31(25)48-57(51,52)29-15-12-27(42)13-16-29)36(50)30-9-4-5-10-32(30)49(24-26-8-6-18-47-23-26)28-14-17-34(54-37(43)44)41(22-28,56-38(45)46)55-35-11-7-19-53-35/h4-6,8-10,12-18,23,25,31,33,35,37-38,48H,7,11,19-22,24H2,1-3H3/t25?,31?,33?,35?,40?,41-/m1/s1. The number of hydrogen-bond acceptors (Lipinski definition) is 9. The molecule has 1 N–H and O–H groups in total. The van der Waals surface area contributed by atoms with Gasteiger partial charge in [-0.3, -0.25) is 14.5 Å². The first-order chi connectivity index (χ1) is 27.1. The Labute approximate surface area is 328 Å². The lowest BCUT2D eigenvalue weighted by Gasteiger charge is -2.41. The summed E-state index contributed by atoms with van der Waals surface area (Å²) in [6.45, 7) is -0.604. The fraction of sp³-hybridized carbons (Fsp3) is 0.463. The number of ether oxygens (including phenoxy) is 4. The van der Waals surface area contributed by atoms with Gasteiger partial charge in [-0.25, -0.2) is 17.5 Å². The van der Waals surface area contributed by atoms with Crippen molar-refractivity contribution in [1.82, 2.24) is 9.71 Å². The summed E-state index contributed by atoms with van der Waals surface area (Å²) in [5, 5.41) is 0. The molecule has 3 aromatic rings. The lowest BCUT2D eigenvalue weighted by atomic mass is 9.74. The van der Waals surface area contributed by atoms with Gasteiger partial charge in [-0.2, -0.15) is 17.6 Å². The maximum atomic E-state index is 15.2. The molecule has 2 saturated carbocycles. The van der Waals surface area contributed by atoms with Gasteiger partial charge in [0.05, 0.1) is 17.0 Å². The lowest BCUT2D eigenvalue weighted by Crippen LogP contribution is -2.47. The van der Waals surface area contributed by atoms with Gasteiger partial charge in [-0.05, 0) is 96.7 Å². The number of allylic oxidation sites excluding steroid dienone is 2. The molecule has 0 spiro atoms. The SMILES string of the molecule is CC1CC2(C(=O)c3ccccc3N(Cc3cccnc3)C3=CC=C(OC(F)F)[C@@](OC(F)F)(OC4CCCO4)C3)C(CC1NS(=O)(=O)c1ccc(F)cc1)C2(C)C. The Kier molecular flexibility index (Phi) is 11.4. The maximum Gasteiger partial charge on any atom is 0.387 e. The summed E-state index contributed by atoms with van der Waals surface area (Å²) >= 11 is 0. The number of fused-ring (bicyclic) bond motifs is 1. The minimum atomic E-state index is -3.99. The molecule has 2 aromatic carbocycles. The number of sulfonamides is 1. The van der Waals surface area contributed by atoms with Crippen LogP contribution in [0.3, 0.4) is 0 Å². The monoisotopic (exact) mass is 817 g/mol. The second-order valence-electron chi connectivity index (χ2n) is 15.6. The highest BCUT2D eigenvalue weighted by molar-refractivity contribution is 7.89. The zero-order valence-electron chi connectivity index (χ0n) is 31.5. The smallest absolute Gasteiger partial charge is 0.387 e. The van der Waals surface area contributed by atoms with Crippen molar-refractivity contribution in [2.45, 2.75) is 95.7 Å². The van der Waals surface area contributed by atoms with Crippen molar-refractivity contribution in [1.29, 1.82) is 0 Å². The number of alkyl halides is 4. The van der Waals surface area contributed by atoms with Crippen molar-refractivity contribution in [3.63, 3.8) is 0 Å². The predicted molar refractivity (Wildman–Crippen MR) is 198 cm³/mol. The van der Waals surface area contributed by atoms with Crippen molar-refractivity contribution in [3.05, 3.63) is 114 Å². The van der Waals surface area contributed by atoms with E-state index >= 15 is 4.79 Å². The van der Waals surface area contributed by atoms with Gasteiger partial charge in [0.15, 0.2) is 17.8 Å². The van der Waals surface area contributed by atoms with Crippen molar-refractivity contribution in [2.24, 2.45) is 22.7 Å². The molecule has 1 aliphatic heterocycles. The van der Waals surface area contributed by atoms with E-state index in [-0.39, 0.29) is 41.4 Å². The molecule has 0 bridgehead atoms. The average molecular weight is 818 g/mol. The van der Waals surface area contributed by atoms with Gasteiger partial charge in [0.25, 0.3) is 0 Å². The number of rotatable bonds is 15. The molecule has 306 valence electrons. The Bertz CT molecular complexity index is 2120. The van der Waals surface area contributed by atoms with Crippen LogP contribution in [0, 0.1) is 28.5 Å². The Morgan fingerprint density at radius 1 is 1.04 bits per heavy atom. The van der Waals surface area contributed by atoms with Gasteiger partial charge in [0.2, 0.25) is 15.8 Å². The van der Waals surface area contributed by atoms with E-state index in [2.05, 4.69) is 9.71 Å². The van der Waals surface area contributed by atoms with Crippen LogP contribution in [0.1, 0.15) is 68.8 Å². The first kappa shape index (κ1) is 41.0. The number of hydrogen-bond donors (Lipinski definition) is 1. The van der Waals surface area contributed by atoms with Crippen LogP contribution < -0.4 is 9.62 Å². The molecule has 5 unspecified atom stereocenters. The molecule has 6 atom stereocenters. The molecular weight excluding hydrogens is 774 g/mol. The normalized spacial score (nSPS) is 28.1. The largest absolute Gasteiger partial charge is 0.433 e. The Morgan fingerprint density at radius 3 is 2.46 bits per heavy atom. The highest BCUT2D eigenvalue weighted by Crippen LogP contribution is 2.76. The molecule has 3 fully saturated rings. The quantitative estimate of drug-likeness (QED) is 0.0919. The van der Waals surface area contributed by atoms with Crippen molar-refractivity contribution < 1.29 is 54.1 Å². The van der Waals surface area contributed by atoms with Crippen LogP contribution in [-0.2, 0) is 35.5 Å². The number of aromatic nitrogens is 1. The van der Waals surface area contributed by atoms with E-state index in [1.165, 1.54) is 18.2 Å². The Hall–Kier alpha value is -4.22. The number of anilines is 1. The van der Waals surface area contributed by atoms with E-state index in [1.807, 2.05) is 20.8 Å².